The Bertz CT molecular complexity index is 806. The Morgan fingerprint density at radius 3 is 2.17 bits per heavy atom. The maximum Gasteiger partial charge on any atom is 0.243 e. The van der Waals surface area contributed by atoms with Crippen molar-refractivity contribution in [3.8, 4) is 0 Å². The van der Waals surface area contributed by atoms with Gasteiger partial charge in [0.2, 0.25) is 15.9 Å². The number of sulfonamides is 1. The van der Waals surface area contributed by atoms with Crippen LogP contribution in [0.15, 0.2) is 53.4 Å². The van der Waals surface area contributed by atoms with Gasteiger partial charge in [0.25, 0.3) is 0 Å². The van der Waals surface area contributed by atoms with E-state index < -0.39 is 32.5 Å². The van der Waals surface area contributed by atoms with Crippen LogP contribution in [0.5, 0.6) is 0 Å². The van der Waals surface area contributed by atoms with Crippen molar-refractivity contribution in [3.63, 3.8) is 0 Å². The lowest BCUT2D eigenvalue weighted by Gasteiger charge is -2.22. The van der Waals surface area contributed by atoms with E-state index >= 15 is 0 Å². The molecule has 5 nitrogen and oxygen atoms in total. The van der Waals surface area contributed by atoms with E-state index in [1.54, 1.807) is 30.3 Å². The topological polar surface area (TPSA) is 80.5 Å². The molecule has 0 bridgehead atoms. The highest BCUT2D eigenvalue weighted by Gasteiger charge is 2.26. The van der Waals surface area contributed by atoms with Crippen LogP contribution < -0.4 is 5.73 Å². The third-order valence-electron chi connectivity index (χ3n) is 3.28. The van der Waals surface area contributed by atoms with E-state index in [4.69, 9.17) is 5.73 Å². The smallest absolute Gasteiger partial charge is 0.243 e. The fourth-order valence-electron chi connectivity index (χ4n) is 2.13. The number of carbonyl (C=O) groups is 1. The lowest BCUT2D eigenvalue weighted by atomic mass is 10.2. The number of amides is 1. The third kappa shape index (κ3) is 4.59. The third-order valence-corrected chi connectivity index (χ3v) is 5.11. The summed E-state index contributed by atoms with van der Waals surface area (Å²) in [6, 6.07) is 10.7. The molecule has 0 saturated carbocycles. The van der Waals surface area contributed by atoms with Crippen molar-refractivity contribution in [1.29, 1.82) is 0 Å². The summed E-state index contributed by atoms with van der Waals surface area (Å²) in [4.78, 5) is 10.5. The Morgan fingerprint density at radius 1 is 1.04 bits per heavy atom. The molecule has 2 aromatic rings. The normalized spacial score (nSPS) is 11.6. The van der Waals surface area contributed by atoms with E-state index in [-0.39, 0.29) is 19.5 Å². The molecule has 0 aliphatic carbocycles. The monoisotopic (exact) mass is 354 g/mol. The Hall–Kier alpha value is -2.32. The van der Waals surface area contributed by atoms with Crippen LogP contribution in [0.3, 0.4) is 0 Å². The summed E-state index contributed by atoms with van der Waals surface area (Å²) in [6.45, 7) is -0.237. The predicted octanol–water partition coefficient (Wildman–Crippen LogP) is 2.03. The molecule has 0 heterocycles. The van der Waals surface area contributed by atoms with Crippen LogP contribution >= 0.6 is 0 Å². The van der Waals surface area contributed by atoms with Crippen LogP contribution in [-0.4, -0.2) is 25.2 Å². The number of rotatable bonds is 7. The average molecular weight is 354 g/mol. The van der Waals surface area contributed by atoms with Crippen LogP contribution in [0.4, 0.5) is 8.78 Å². The zero-order chi connectivity index (χ0) is 17.7. The molecule has 0 fully saturated rings. The number of nitrogens with zero attached hydrogens (tertiary/aromatic N) is 1. The Balaban J connectivity index is 2.38. The number of primary amides is 1. The minimum atomic E-state index is -4.19. The van der Waals surface area contributed by atoms with Crippen molar-refractivity contribution in [2.24, 2.45) is 5.73 Å². The Kier molecular flexibility index (Phi) is 5.63. The number of benzene rings is 2. The van der Waals surface area contributed by atoms with Gasteiger partial charge in [0, 0.05) is 25.6 Å². The molecule has 2 aromatic carbocycles. The van der Waals surface area contributed by atoms with E-state index in [0.717, 1.165) is 16.4 Å². The van der Waals surface area contributed by atoms with E-state index in [0.29, 0.717) is 11.6 Å². The average Bonchev–Trinajstić information content (AvgIpc) is 2.51. The summed E-state index contributed by atoms with van der Waals surface area (Å²) >= 11 is 0. The summed E-state index contributed by atoms with van der Waals surface area (Å²) in [6.07, 6.45) is -0.205. The maximum atomic E-state index is 13.4. The standard InChI is InChI=1S/C16H16F2N2O3S/c17-13-8-14(18)10-15(9-13)24(22,23)20(7-6-16(19)21)11-12-4-2-1-3-5-12/h1-5,8-10H,6-7,11H2,(H2,19,21). The number of nitrogens with two attached hydrogens (primary N) is 1. The summed E-state index contributed by atoms with van der Waals surface area (Å²) in [5.74, 6) is -2.67. The van der Waals surface area contributed by atoms with Gasteiger partial charge in [-0.3, -0.25) is 4.79 Å². The summed E-state index contributed by atoms with van der Waals surface area (Å²) in [5, 5.41) is 0. The lowest BCUT2D eigenvalue weighted by molar-refractivity contribution is -0.118. The molecule has 0 unspecified atom stereocenters. The van der Waals surface area contributed by atoms with E-state index in [1.165, 1.54) is 0 Å². The minimum Gasteiger partial charge on any atom is -0.370 e. The molecule has 0 atom stereocenters. The van der Waals surface area contributed by atoms with Crippen molar-refractivity contribution < 1.29 is 22.0 Å². The number of halogens is 2. The van der Waals surface area contributed by atoms with Crippen molar-refractivity contribution in [2.45, 2.75) is 17.9 Å². The van der Waals surface area contributed by atoms with Crippen molar-refractivity contribution in [1.82, 2.24) is 4.31 Å². The van der Waals surface area contributed by atoms with Gasteiger partial charge in [-0.05, 0) is 17.7 Å². The van der Waals surface area contributed by atoms with Crippen LogP contribution in [0.2, 0.25) is 0 Å². The van der Waals surface area contributed by atoms with Crippen LogP contribution in [0.25, 0.3) is 0 Å². The zero-order valence-corrected chi connectivity index (χ0v) is 13.5. The predicted molar refractivity (Wildman–Crippen MR) is 84.2 cm³/mol. The lowest BCUT2D eigenvalue weighted by Crippen LogP contribution is -2.33. The molecule has 8 heteroatoms. The second-order valence-corrected chi connectivity index (χ2v) is 7.08. The molecule has 0 spiro atoms. The van der Waals surface area contributed by atoms with Gasteiger partial charge in [-0.1, -0.05) is 30.3 Å². The van der Waals surface area contributed by atoms with Gasteiger partial charge in [-0.25, -0.2) is 17.2 Å². The first-order chi connectivity index (χ1) is 11.3. The van der Waals surface area contributed by atoms with Crippen molar-refractivity contribution in [3.05, 3.63) is 65.7 Å². The molecule has 24 heavy (non-hydrogen) atoms. The molecule has 1 amide bonds. The number of hydrogen-bond donors (Lipinski definition) is 1. The van der Waals surface area contributed by atoms with E-state index in [2.05, 4.69) is 0 Å². The van der Waals surface area contributed by atoms with Gasteiger partial charge in [0.05, 0.1) is 4.90 Å². The highest BCUT2D eigenvalue weighted by molar-refractivity contribution is 7.89. The van der Waals surface area contributed by atoms with Crippen molar-refractivity contribution >= 4 is 15.9 Å². The molecule has 0 radical (unpaired) electrons. The fourth-order valence-corrected chi connectivity index (χ4v) is 3.60. The zero-order valence-electron chi connectivity index (χ0n) is 12.7. The Morgan fingerprint density at radius 2 is 1.62 bits per heavy atom. The van der Waals surface area contributed by atoms with E-state index in [1.807, 2.05) is 0 Å². The quantitative estimate of drug-likeness (QED) is 0.826. The van der Waals surface area contributed by atoms with Crippen LogP contribution in [0.1, 0.15) is 12.0 Å². The fraction of sp³-hybridized carbons (Fsp3) is 0.188. The maximum absolute atomic E-state index is 13.4. The molecule has 2 N–H and O–H groups in total. The molecule has 128 valence electrons. The number of hydrogen-bond acceptors (Lipinski definition) is 3. The molecular formula is C16H16F2N2O3S. The molecule has 0 aliphatic rings. The van der Waals surface area contributed by atoms with Gasteiger partial charge in [-0.2, -0.15) is 4.31 Å². The molecule has 2 rings (SSSR count). The highest BCUT2D eigenvalue weighted by atomic mass is 32.2. The first-order valence-electron chi connectivity index (χ1n) is 7.07. The first kappa shape index (κ1) is 18.0. The Labute approximate surface area is 138 Å². The van der Waals surface area contributed by atoms with Gasteiger partial charge in [0.1, 0.15) is 11.6 Å². The van der Waals surface area contributed by atoms with Crippen LogP contribution in [-0.2, 0) is 21.4 Å². The summed E-state index contributed by atoms with van der Waals surface area (Å²) < 4.78 is 53.1. The first-order valence-corrected chi connectivity index (χ1v) is 8.51. The van der Waals surface area contributed by atoms with Crippen molar-refractivity contribution in [2.75, 3.05) is 6.54 Å². The SMILES string of the molecule is NC(=O)CCN(Cc1ccccc1)S(=O)(=O)c1cc(F)cc(F)c1. The second-order valence-electron chi connectivity index (χ2n) is 5.15. The largest absolute Gasteiger partial charge is 0.370 e. The molecular weight excluding hydrogens is 338 g/mol. The summed E-state index contributed by atoms with van der Waals surface area (Å²) in [5.41, 5.74) is 5.75. The van der Waals surface area contributed by atoms with Gasteiger partial charge < -0.3 is 5.73 Å². The van der Waals surface area contributed by atoms with Gasteiger partial charge >= 0.3 is 0 Å². The molecule has 0 aliphatic heterocycles. The summed E-state index contributed by atoms with van der Waals surface area (Å²) in [7, 11) is -4.19. The second kappa shape index (κ2) is 7.50. The molecule has 0 aromatic heterocycles. The van der Waals surface area contributed by atoms with Gasteiger partial charge in [-0.15, -0.1) is 0 Å². The molecule has 0 saturated heterocycles. The number of carbonyl (C=O) groups excluding carboxylic acids is 1. The van der Waals surface area contributed by atoms with E-state index in [9.17, 15) is 22.0 Å². The highest BCUT2D eigenvalue weighted by Crippen LogP contribution is 2.21. The van der Waals surface area contributed by atoms with Gasteiger partial charge in [0.15, 0.2) is 0 Å². The van der Waals surface area contributed by atoms with Crippen LogP contribution in [0, 0.1) is 11.6 Å². The minimum absolute atomic E-state index is 0.0470.